The number of hydrogen-bond donors (Lipinski definition) is 1. The summed E-state index contributed by atoms with van der Waals surface area (Å²) in [7, 11) is 0. The second kappa shape index (κ2) is 7.26. The number of rotatable bonds is 1. The molecule has 1 heterocycles. The van der Waals surface area contributed by atoms with Crippen LogP contribution in [0.15, 0.2) is 4.99 Å². The van der Waals surface area contributed by atoms with Crippen LogP contribution in [0.2, 0.25) is 0 Å². The van der Waals surface area contributed by atoms with Gasteiger partial charge in [-0.2, -0.15) is 0 Å². The highest BCUT2D eigenvalue weighted by molar-refractivity contribution is 8.93. The molecule has 1 aliphatic heterocycles. The molecule has 0 amide bonds. The van der Waals surface area contributed by atoms with Gasteiger partial charge in [0.2, 0.25) is 0 Å². The summed E-state index contributed by atoms with van der Waals surface area (Å²) in [6.07, 6.45) is 10.9. The molecule has 1 saturated carbocycles. The van der Waals surface area contributed by atoms with Crippen LogP contribution in [-0.2, 0) is 0 Å². The molecule has 1 N–H and O–H groups in total. The predicted octanol–water partition coefficient (Wildman–Crippen LogP) is 3.32. The third-order valence-corrected chi connectivity index (χ3v) is 3.42. The Balaban J connectivity index is 0.00000112. The van der Waals surface area contributed by atoms with E-state index in [1.165, 1.54) is 57.2 Å². The molecule has 0 aromatic carbocycles. The topological polar surface area (TPSA) is 24.4 Å². The molecular formula is C12H23BrN2. The first kappa shape index (κ1) is 13.0. The van der Waals surface area contributed by atoms with Gasteiger partial charge in [-0.25, -0.2) is 0 Å². The fraction of sp³-hybridized carbons (Fsp3) is 0.917. The maximum absolute atomic E-state index is 4.71. The van der Waals surface area contributed by atoms with E-state index in [-0.39, 0.29) is 17.0 Å². The standard InChI is InChI=1S/C12H22N2.BrH/c1-3-7-11(8-4-1)12-13-9-5-2-6-10-14-12;/h11H,1-10H2,(H,13,14);1H. The van der Waals surface area contributed by atoms with Gasteiger partial charge in [-0.1, -0.05) is 19.3 Å². The Bertz CT molecular complexity index is 198. The van der Waals surface area contributed by atoms with Crippen molar-refractivity contribution in [2.75, 3.05) is 13.1 Å². The van der Waals surface area contributed by atoms with Crippen molar-refractivity contribution in [1.29, 1.82) is 0 Å². The van der Waals surface area contributed by atoms with Crippen LogP contribution in [0.1, 0.15) is 51.4 Å². The normalized spacial score (nSPS) is 24.1. The third-order valence-electron chi connectivity index (χ3n) is 3.42. The van der Waals surface area contributed by atoms with Crippen molar-refractivity contribution < 1.29 is 0 Å². The van der Waals surface area contributed by atoms with Crippen LogP contribution in [-0.4, -0.2) is 18.9 Å². The molecule has 0 aromatic rings. The minimum Gasteiger partial charge on any atom is -0.374 e. The molecule has 88 valence electrons. The molecule has 2 aliphatic rings. The van der Waals surface area contributed by atoms with Crippen molar-refractivity contribution in [3.8, 4) is 0 Å². The first-order valence-corrected chi connectivity index (χ1v) is 6.25. The van der Waals surface area contributed by atoms with Crippen LogP contribution in [0, 0.1) is 5.92 Å². The highest BCUT2D eigenvalue weighted by Gasteiger charge is 2.19. The van der Waals surface area contributed by atoms with E-state index in [0.29, 0.717) is 0 Å². The van der Waals surface area contributed by atoms with Crippen LogP contribution in [0.25, 0.3) is 0 Å². The summed E-state index contributed by atoms with van der Waals surface area (Å²) in [5.41, 5.74) is 0. The Morgan fingerprint density at radius 1 is 0.933 bits per heavy atom. The van der Waals surface area contributed by atoms with Crippen LogP contribution in [0.3, 0.4) is 0 Å². The van der Waals surface area contributed by atoms with Gasteiger partial charge in [-0.15, -0.1) is 17.0 Å². The van der Waals surface area contributed by atoms with E-state index >= 15 is 0 Å². The monoisotopic (exact) mass is 274 g/mol. The fourth-order valence-corrected chi connectivity index (χ4v) is 2.53. The summed E-state index contributed by atoms with van der Waals surface area (Å²) < 4.78 is 0. The van der Waals surface area contributed by atoms with Crippen LogP contribution < -0.4 is 5.32 Å². The van der Waals surface area contributed by atoms with E-state index < -0.39 is 0 Å². The number of aliphatic imine (C=N–C) groups is 1. The number of nitrogens with zero attached hydrogens (tertiary/aromatic N) is 1. The molecule has 0 unspecified atom stereocenters. The fourth-order valence-electron chi connectivity index (χ4n) is 2.53. The minimum atomic E-state index is 0. The van der Waals surface area contributed by atoms with Gasteiger partial charge in [-0.05, 0) is 32.1 Å². The molecular weight excluding hydrogens is 252 g/mol. The van der Waals surface area contributed by atoms with Crippen molar-refractivity contribution in [1.82, 2.24) is 5.32 Å². The molecule has 0 spiro atoms. The van der Waals surface area contributed by atoms with Gasteiger partial charge in [0.25, 0.3) is 0 Å². The van der Waals surface area contributed by atoms with Crippen molar-refractivity contribution in [3.63, 3.8) is 0 Å². The molecule has 3 heteroatoms. The molecule has 0 radical (unpaired) electrons. The van der Waals surface area contributed by atoms with Crippen molar-refractivity contribution in [3.05, 3.63) is 0 Å². The summed E-state index contributed by atoms with van der Waals surface area (Å²) in [6, 6.07) is 0. The summed E-state index contributed by atoms with van der Waals surface area (Å²) >= 11 is 0. The van der Waals surface area contributed by atoms with Gasteiger partial charge >= 0.3 is 0 Å². The maximum atomic E-state index is 4.71. The Morgan fingerprint density at radius 3 is 2.47 bits per heavy atom. The first-order chi connectivity index (χ1) is 6.97. The lowest BCUT2D eigenvalue weighted by Crippen LogP contribution is -2.34. The zero-order chi connectivity index (χ0) is 9.64. The molecule has 2 rings (SSSR count). The molecule has 1 aliphatic carbocycles. The molecule has 0 aromatic heterocycles. The summed E-state index contributed by atoms with van der Waals surface area (Å²) in [5, 5.41) is 3.54. The largest absolute Gasteiger partial charge is 0.374 e. The maximum Gasteiger partial charge on any atom is 0.0994 e. The van der Waals surface area contributed by atoms with Gasteiger partial charge in [0, 0.05) is 19.0 Å². The number of halogens is 1. The Kier molecular flexibility index (Phi) is 6.30. The van der Waals surface area contributed by atoms with Gasteiger partial charge in [-0.3, -0.25) is 4.99 Å². The average Bonchev–Trinajstić information content (AvgIpc) is 2.18. The van der Waals surface area contributed by atoms with Gasteiger partial charge in [0.15, 0.2) is 0 Å². The molecule has 0 saturated heterocycles. The third kappa shape index (κ3) is 4.13. The Labute approximate surface area is 104 Å². The lowest BCUT2D eigenvalue weighted by molar-refractivity contribution is 0.428. The van der Waals surface area contributed by atoms with E-state index in [9.17, 15) is 0 Å². The van der Waals surface area contributed by atoms with Crippen LogP contribution >= 0.6 is 17.0 Å². The predicted molar refractivity (Wildman–Crippen MR) is 71.1 cm³/mol. The quantitative estimate of drug-likeness (QED) is 0.780. The van der Waals surface area contributed by atoms with Gasteiger partial charge in [0.1, 0.15) is 0 Å². The Hall–Kier alpha value is -0.0500. The highest BCUT2D eigenvalue weighted by atomic mass is 79.9. The Morgan fingerprint density at radius 2 is 1.67 bits per heavy atom. The van der Waals surface area contributed by atoms with E-state index in [2.05, 4.69) is 5.32 Å². The van der Waals surface area contributed by atoms with Crippen molar-refractivity contribution in [2.45, 2.75) is 51.4 Å². The molecule has 0 atom stereocenters. The number of hydrogen-bond acceptors (Lipinski definition) is 2. The van der Waals surface area contributed by atoms with Gasteiger partial charge < -0.3 is 5.32 Å². The van der Waals surface area contributed by atoms with Crippen molar-refractivity contribution >= 4 is 22.8 Å². The second-order valence-corrected chi connectivity index (χ2v) is 4.59. The van der Waals surface area contributed by atoms with E-state index in [1.54, 1.807) is 0 Å². The highest BCUT2D eigenvalue weighted by Crippen LogP contribution is 2.24. The first-order valence-electron chi connectivity index (χ1n) is 6.25. The lowest BCUT2D eigenvalue weighted by atomic mass is 9.88. The zero-order valence-corrected chi connectivity index (χ0v) is 11.2. The van der Waals surface area contributed by atoms with E-state index in [0.717, 1.165) is 19.0 Å². The van der Waals surface area contributed by atoms with Crippen LogP contribution in [0.4, 0.5) is 0 Å². The van der Waals surface area contributed by atoms with E-state index in [1.807, 2.05) is 0 Å². The zero-order valence-electron chi connectivity index (χ0n) is 9.50. The van der Waals surface area contributed by atoms with E-state index in [4.69, 9.17) is 4.99 Å². The lowest BCUT2D eigenvalue weighted by Gasteiger charge is -2.25. The summed E-state index contributed by atoms with van der Waals surface area (Å²) in [5.74, 6) is 2.10. The second-order valence-electron chi connectivity index (χ2n) is 4.59. The minimum absolute atomic E-state index is 0. The molecule has 15 heavy (non-hydrogen) atoms. The molecule has 1 fully saturated rings. The summed E-state index contributed by atoms with van der Waals surface area (Å²) in [6.45, 7) is 2.20. The SMILES string of the molecule is Br.C1CCN=C(C2CCCCC2)NCC1. The molecule has 2 nitrogen and oxygen atoms in total. The van der Waals surface area contributed by atoms with Gasteiger partial charge in [0.05, 0.1) is 5.84 Å². The van der Waals surface area contributed by atoms with Crippen LogP contribution in [0.5, 0.6) is 0 Å². The van der Waals surface area contributed by atoms with Crippen molar-refractivity contribution in [2.24, 2.45) is 10.9 Å². The smallest absolute Gasteiger partial charge is 0.0994 e. The summed E-state index contributed by atoms with van der Waals surface area (Å²) in [4.78, 5) is 4.71. The molecule has 0 bridgehead atoms. The average molecular weight is 275 g/mol. The number of nitrogens with one attached hydrogen (secondary N) is 1. The number of amidine groups is 1.